The molecule has 2 N–H and O–H groups in total. The highest BCUT2D eigenvalue weighted by molar-refractivity contribution is 6.03. The Kier molecular flexibility index (Phi) is 10.2. The van der Waals surface area contributed by atoms with Gasteiger partial charge in [0.05, 0.1) is 13.7 Å². The molecule has 260 valence electrons. The van der Waals surface area contributed by atoms with E-state index in [4.69, 9.17) is 24.3 Å². The van der Waals surface area contributed by atoms with Crippen LogP contribution in [0.1, 0.15) is 62.0 Å². The molecule has 4 heterocycles. The zero-order valence-electron chi connectivity index (χ0n) is 29.1. The number of anilines is 2. The number of hydrogen-bond donors (Lipinski definition) is 2. The van der Waals surface area contributed by atoms with Gasteiger partial charge in [0.1, 0.15) is 34.1 Å². The number of likely N-dealkylation sites (tertiary alicyclic amines) is 1. The van der Waals surface area contributed by atoms with Crippen LogP contribution in [0.3, 0.4) is 0 Å². The molecule has 1 aliphatic rings. The van der Waals surface area contributed by atoms with E-state index in [1.165, 1.54) is 0 Å². The standard InChI is InChI=1S/C38H43N7O5/c1-6-7-25-16-19-39-32(22-25)42-36(46)27-10-14-30(15-11-27)49-31-17-20-40-35-33(31)34(43-45(35)23-26-8-12-29(48-5)13-9-26)41-28-18-21-44(24-28)37(47)50-38(2,3)4/h8-17,19-20,22,28H,6-7,18,21,23-24H2,1-5H3,(H,41,43)(H,39,42,46). The van der Waals surface area contributed by atoms with Crippen molar-refractivity contribution in [2.24, 2.45) is 0 Å². The fourth-order valence-corrected chi connectivity index (χ4v) is 5.81. The Hall–Kier alpha value is -5.65. The first-order valence-corrected chi connectivity index (χ1v) is 16.9. The normalized spacial score (nSPS) is 14.4. The number of nitrogens with zero attached hydrogens (tertiary/aromatic N) is 5. The third-order valence-electron chi connectivity index (χ3n) is 8.22. The molecular weight excluding hydrogens is 634 g/mol. The molecule has 0 saturated carbocycles. The molecule has 1 aliphatic heterocycles. The van der Waals surface area contributed by atoms with Gasteiger partial charge >= 0.3 is 6.09 Å². The van der Waals surface area contributed by atoms with Crippen molar-refractivity contribution in [3.05, 3.63) is 95.8 Å². The number of benzene rings is 2. The minimum atomic E-state index is -0.573. The summed E-state index contributed by atoms with van der Waals surface area (Å²) in [6, 6.07) is 20.3. The summed E-state index contributed by atoms with van der Waals surface area (Å²) in [6.07, 6.45) is 5.72. The molecule has 6 rings (SSSR count). The van der Waals surface area contributed by atoms with Gasteiger partial charge in [0.15, 0.2) is 11.5 Å². The van der Waals surface area contributed by atoms with Gasteiger partial charge < -0.3 is 29.7 Å². The average Bonchev–Trinajstić information content (AvgIpc) is 3.70. The number of carbonyl (C=O) groups excluding carboxylic acids is 2. The van der Waals surface area contributed by atoms with E-state index in [1.54, 1.807) is 54.7 Å². The van der Waals surface area contributed by atoms with Crippen LogP contribution in [0, 0.1) is 0 Å². The molecule has 5 aromatic rings. The molecule has 12 nitrogen and oxygen atoms in total. The second-order valence-electron chi connectivity index (χ2n) is 13.3. The van der Waals surface area contributed by atoms with E-state index in [-0.39, 0.29) is 18.0 Å². The summed E-state index contributed by atoms with van der Waals surface area (Å²) in [7, 11) is 1.64. The monoisotopic (exact) mass is 677 g/mol. The Balaban J connectivity index is 1.24. The van der Waals surface area contributed by atoms with Crippen molar-refractivity contribution < 1.29 is 23.8 Å². The third kappa shape index (κ3) is 8.31. The van der Waals surface area contributed by atoms with Gasteiger partial charge in [-0.1, -0.05) is 25.5 Å². The van der Waals surface area contributed by atoms with Gasteiger partial charge in [-0.2, -0.15) is 5.10 Å². The van der Waals surface area contributed by atoms with Crippen LogP contribution in [-0.2, 0) is 17.7 Å². The van der Waals surface area contributed by atoms with Gasteiger partial charge in [0.2, 0.25) is 0 Å². The molecule has 2 amide bonds. The highest BCUT2D eigenvalue weighted by Gasteiger charge is 2.31. The molecular formula is C38H43N7O5. The second kappa shape index (κ2) is 14.9. The van der Waals surface area contributed by atoms with Crippen LogP contribution >= 0.6 is 0 Å². The van der Waals surface area contributed by atoms with E-state index in [0.29, 0.717) is 59.4 Å². The highest BCUT2D eigenvalue weighted by Crippen LogP contribution is 2.35. The van der Waals surface area contributed by atoms with E-state index in [2.05, 4.69) is 22.5 Å². The van der Waals surface area contributed by atoms with Gasteiger partial charge in [-0.3, -0.25) is 4.79 Å². The van der Waals surface area contributed by atoms with Crippen molar-refractivity contribution in [1.82, 2.24) is 24.6 Å². The number of nitrogens with one attached hydrogen (secondary N) is 2. The summed E-state index contributed by atoms with van der Waals surface area (Å²) in [5.41, 5.74) is 2.69. The summed E-state index contributed by atoms with van der Waals surface area (Å²) < 4.78 is 19.2. The Morgan fingerprint density at radius 2 is 1.68 bits per heavy atom. The summed E-state index contributed by atoms with van der Waals surface area (Å²) in [5, 5.41) is 12.1. The predicted molar refractivity (Wildman–Crippen MR) is 192 cm³/mol. The van der Waals surface area contributed by atoms with Crippen LogP contribution in [0.5, 0.6) is 17.2 Å². The summed E-state index contributed by atoms with van der Waals surface area (Å²) in [5.74, 6) is 2.72. The smallest absolute Gasteiger partial charge is 0.410 e. The number of aryl methyl sites for hydroxylation is 1. The van der Waals surface area contributed by atoms with Crippen LogP contribution in [0.25, 0.3) is 11.0 Å². The van der Waals surface area contributed by atoms with E-state index >= 15 is 0 Å². The Labute approximate surface area is 291 Å². The van der Waals surface area contributed by atoms with Gasteiger partial charge in [-0.15, -0.1) is 0 Å². The van der Waals surface area contributed by atoms with E-state index in [1.807, 2.05) is 61.9 Å². The lowest BCUT2D eigenvalue weighted by atomic mass is 10.1. The number of carbonyl (C=O) groups is 2. The maximum Gasteiger partial charge on any atom is 0.410 e. The van der Waals surface area contributed by atoms with Crippen molar-refractivity contribution in [2.45, 2.75) is 65.1 Å². The largest absolute Gasteiger partial charge is 0.497 e. The zero-order chi connectivity index (χ0) is 35.3. The first-order valence-electron chi connectivity index (χ1n) is 16.9. The van der Waals surface area contributed by atoms with Gasteiger partial charge in [0.25, 0.3) is 5.91 Å². The quantitative estimate of drug-likeness (QED) is 0.148. The maximum atomic E-state index is 13.0. The fraction of sp³-hybridized carbons (Fsp3) is 0.342. The molecule has 1 unspecified atom stereocenters. The molecule has 1 atom stereocenters. The molecule has 0 aliphatic carbocycles. The zero-order valence-corrected chi connectivity index (χ0v) is 29.1. The minimum absolute atomic E-state index is 0.0573. The van der Waals surface area contributed by atoms with Crippen molar-refractivity contribution in [3.8, 4) is 17.2 Å². The summed E-state index contributed by atoms with van der Waals surface area (Å²) in [6.45, 7) is 9.20. The molecule has 1 fully saturated rings. The van der Waals surface area contributed by atoms with Crippen LogP contribution in [0.2, 0.25) is 0 Å². The first-order chi connectivity index (χ1) is 24.1. The van der Waals surface area contributed by atoms with Gasteiger partial charge in [-0.05, 0) is 93.3 Å². The summed E-state index contributed by atoms with van der Waals surface area (Å²) in [4.78, 5) is 36.5. The topological polar surface area (TPSA) is 133 Å². The van der Waals surface area contributed by atoms with Crippen molar-refractivity contribution in [1.29, 1.82) is 0 Å². The Bertz CT molecular complexity index is 1950. The number of aromatic nitrogens is 4. The van der Waals surface area contributed by atoms with Gasteiger partial charge in [-0.25, -0.2) is 19.4 Å². The van der Waals surface area contributed by atoms with Crippen molar-refractivity contribution in [3.63, 3.8) is 0 Å². The minimum Gasteiger partial charge on any atom is -0.497 e. The molecule has 2 aromatic carbocycles. The number of fused-ring (bicyclic) bond motifs is 1. The molecule has 50 heavy (non-hydrogen) atoms. The second-order valence-corrected chi connectivity index (χ2v) is 13.3. The van der Waals surface area contributed by atoms with Gasteiger partial charge in [0, 0.05) is 43.2 Å². The SMILES string of the molecule is CCCc1ccnc(NC(=O)c2ccc(Oc3ccnc4c3c(NC3CCN(C(=O)OC(C)(C)C)C3)nn4Cc3ccc(OC)cc3)cc2)c1. The Morgan fingerprint density at radius 1 is 0.940 bits per heavy atom. The first kappa shape index (κ1) is 34.2. The molecule has 1 saturated heterocycles. The Morgan fingerprint density at radius 3 is 2.40 bits per heavy atom. The van der Waals surface area contributed by atoms with Crippen molar-refractivity contribution >= 4 is 34.7 Å². The summed E-state index contributed by atoms with van der Waals surface area (Å²) >= 11 is 0. The molecule has 0 bridgehead atoms. The van der Waals surface area contributed by atoms with Crippen LogP contribution in [0.15, 0.2) is 79.1 Å². The molecule has 0 spiro atoms. The number of methoxy groups -OCH3 is 1. The van der Waals surface area contributed by atoms with Crippen LogP contribution in [-0.4, -0.2) is 68.5 Å². The number of rotatable bonds is 11. The average molecular weight is 678 g/mol. The van der Waals surface area contributed by atoms with E-state index < -0.39 is 5.60 Å². The highest BCUT2D eigenvalue weighted by atomic mass is 16.6. The van der Waals surface area contributed by atoms with Crippen LogP contribution in [0.4, 0.5) is 16.4 Å². The van der Waals surface area contributed by atoms with E-state index in [9.17, 15) is 9.59 Å². The number of ether oxygens (including phenoxy) is 3. The fourth-order valence-electron chi connectivity index (χ4n) is 5.81. The lowest BCUT2D eigenvalue weighted by Crippen LogP contribution is -2.36. The lowest BCUT2D eigenvalue weighted by Gasteiger charge is -2.24. The molecule has 0 radical (unpaired) electrons. The predicted octanol–water partition coefficient (Wildman–Crippen LogP) is 7.30. The lowest BCUT2D eigenvalue weighted by molar-refractivity contribution is 0.0293. The van der Waals surface area contributed by atoms with Crippen molar-refractivity contribution in [2.75, 3.05) is 30.8 Å². The van der Waals surface area contributed by atoms with Crippen LogP contribution < -0.4 is 20.1 Å². The number of amides is 2. The molecule has 12 heteroatoms. The third-order valence-corrected chi connectivity index (χ3v) is 8.22. The maximum absolute atomic E-state index is 13.0. The van der Waals surface area contributed by atoms with E-state index in [0.717, 1.165) is 36.1 Å². The molecule has 3 aromatic heterocycles. The number of hydrogen-bond acceptors (Lipinski definition) is 9. The number of pyridine rings is 2.